The predicted octanol–water partition coefficient (Wildman–Crippen LogP) is 4.30. The number of aromatic nitrogens is 4. The highest BCUT2D eigenvalue weighted by molar-refractivity contribution is 6.02. The van der Waals surface area contributed by atoms with E-state index >= 15 is 0 Å². The smallest absolute Gasteiger partial charge is 0.366 e. The van der Waals surface area contributed by atoms with E-state index in [2.05, 4.69) is 31.3 Å². The van der Waals surface area contributed by atoms with E-state index in [0.717, 1.165) is 23.3 Å². The Morgan fingerprint density at radius 1 is 0.912 bits per heavy atom. The number of H-pyrrole nitrogens is 1. The number of nitrogens with zero attached hydrogens (tertiary/aromatic N) is 3. The largest absolute Gasteiger partial charge is 0.416 e. The molecule has 1 heterocycles. The van der Waals surface area contributed by atoms with Gasteiger partial charge in [-0.15, -0.1) is 10.2 Å². The van der Waals surface area contributed by atoms with Gasteiger partial charge in [0.15, 0.2) is 0 Å². The fourth-order valence-electron chi connectivity index (χ4n) is 3.18. The summed E-state index contributed by atoms with van der Waals surface area (Å²) in [5.74, 6) is -0.365. The third kappa shape index (κ3) is 5.01. The van der Waals surface area contributed by atoms with Crippen LogP contribution in [0.2, 0.25) is 0 Å². The molecule has 0 bridgehead atoms. The summed E-state index contributed by atoms with van der Waals surface area (Å²) in [6.07, 6.45) is -4.54. The summed E-state index contributed by atoms with van der Waals surface area (Å²) in [6.45, 7) is 0. The molecule has 172 valence electrons. The summed E-state index contributed by atoms with van der Waals surface area (Å²) in [5, 5.41) is 18.7. The summed E-state index contributed by atoms with van der Waals surface area (Å²) in [5.41, 5.74) is 6.90. The van der Waals surface area contributed by atoms with Crippen molar-refractivity contribution >= 4 is 23.3 Å². The van der Waals surface area contributed by atoms with Crippen LogP contribution >= 0.6 is 0 Å². The molecule has 3 amide bonds. The maximum absolute atomic E-state index is 12.9. The van der Waals surface area contributed by atoms with Gasteiger partial charge in [-0.05, 0) is 58.8 Å². The monoisotopic (exact) mass is 467 g/mol. The third-order valence-electron chi connectivity index (χ3n) is 4.80. The van der Waals surface area contributed by atoms with Crippen LogP contribution in [-0.4, -0.2) is 32.6 Å². The molecular formula is C22H16F3N7O2. The van der Waals surface area contributed by atoms with E-state index in [-0.39, 0.29) is 11.5 Å². The third-order valence-corrected chi connectivity index (χ3v) is 4.80. The maximum Gasteiger partial charge on any atom is 0.416 e. The number of benzene rings is 3. The quantitative estimate of drug-likeness (QED) is 0.347. The van der Waals surface area contributed by atoms with Gasteiger partial charge in [-0.1, -0.05) is 24.3 Å². The first-order valence-electron chi connectivity index (χ1n) is 9.74. The molecular weight excluding hydrogens is 451 g/mol. The number of halogens is 3. The molecule has 0 saturated heterocycles. The number of primary amides is 1. The van der Waals surface area contributed by atoms with Crippen molar-refractivity contribution in [3.8, 4) is 22.5 Å². The number of tetrazole rings is 1. The Bertz CT molecular complexity index is 1340. The molecule has 3 aromatic carbocycles. The summed E-state index contributed by atoms with van der Waals surface area (Å²) < 4.78 is 38.8. The second-order valence-electron chi connectivity index (χ2n) is 7.10. The van der Waals surface area contributed by atoms with E-state index in [1.165, 1.54) is 12.1 Å². The predicted molar refractivity (Wildman–Crippen MR) is 118 cm³/mol. The number of carbonyl (C=O) groups is 2. The Kier molecular flexibility index (Phi) is 5.95. The number of aromatic amines is 1. The lowest BCUT2D eigenvalue weighted by Crippen LogP contribution is -2.20. The van der Waals surface area contributed by atoms with Crippen LogP contribution in [0.3, 0.4) is 0 Å². The molecule has 0 atom stereocenters. The molecule has 4 rings (SSSR count). The second-order valence-corrected chi connectivity index (χ2v) is 7.10. The van der Waals surface area contributed by atoms with E-state index in [0.29, 0.717) is 16.8 Å². The number of nitrogens with one attached hydrogen (secondary N) is 3. The van der Waals surface area contributed by atoms with Crippen LogP contribution in [-0.2, 0) is 6.18 Å². The van der Waals surface area contributed by atoms with Crippen molar-refractivity contribution in [2.24, 2.45) is 5.73 Å². The normalized spacial score (nSPS) is 11.1. The van der Waals surface area contributed by atoms with E-state index in [9.17, 15) is 22.8 Å². The lowest BCUT2D eigenvalue weighted by atomic mass is 10.00. The molecule has 9 nitrogen and oxygen atoms in total. The van der Waals surface area contributed by atoms with Crippen LogP contribution in [0.4, 0.5) is 29.3 Å². The highest BCUT2D eigenvalue weighted by Crippen LogP contribution is 2.32. The number of rotatable bonds is 5. The molecule has 0 aliphatic carbocycles. The lowest BCUT2D eigenvalue weighted by molar-refractivity contribution is -0.137. The highest BCUT2D eigenvalue weighted by Gasteiger charge is 2.30. The van der Waals surface area contributed by atoms with Gasteiger partial charge in [-0.2, -0.15) is 18.4 Å². The van der Waals surface area contributed by atoms with Crippen molar-refractivity contribution in [1.82, 2.24) is 20.6 Å². The molecule has 0 aliphatic rings. The fraction of sp³-hybridized carbons (Fsp3) is 0.0455. The first kappa shape index (κ1) is 22.5. The van der Waals surface area contributed by atoms with E-state index in [4.69, 9.17) is 5.73 Å². The fourth-order valence-corrected chi connectivity index (χ4v) is 3.18. The van der Waals surface area contributed by atoms with Crippen molar-refractivity contribution < 1.29 is 22.8 Å². The second kappa shape index (κ2) is 9.02. The van der Waals surface area contributed by atoms with Gasteiger partial charge in [0.05, 0.1) is 11.3 Å². The van der Waals surface area contributed by atoms with E-state index in [1.807, 2.05) is 0 Å². The Morgan fingerprint density at radius 3 is 2.29 bits per heavy atom. The Morgan fingerprint density at radius 2 is 1.65 bits per heavy atom. The Balaban J connectivity index is 1.60. The minimum atomic E-state index is -4.54. The standard InChI is InChI=1S/C22H16F3N7O2/c23-22(24,25)15-2-1-3-16(11-15)27-21(34)28-18-9-8-14(10-17(18)20-29-31-32-30-20)12-4-6-13(7-5-12)19(26)33/h1-11H,(H2,26,33)(H2,27,28,34)(H,29,30,31,32). The number of anilines is 2. The number of alkyl halides is 3. The molecule has 0 spiro atoms. The molecule has 4 aromatic rings. The van der Waals surface area contributed by atoms with Gasteiger partial charge in [0.2, 0.25) is 11.7 Å². The molecule has 0 unspecified atom stereocenters. The summed E-state index contributed by atoms with van der Waals surface area (Å²) in [4.78, 5) is 23.8. The average Bonchev–Trinajstić information content (AvgIpc) is 3.34. The number of amides is 3. The number of urea groups is 1. The number of hydrogen-bond acceptors (Lipinski definition) is 5. The van der Waals surface area contributed by atoms with Crippen LogP contribution in [0.25, 0.3) is 22.5 Å². The molecule has 5 N–H and O–H groups in total. The highest BCUT2D eigenvalue weighted by atomic mass is 19.4. The van der Waals surface area contributed by atoms with Crippen LogP contribution in [0.5, 0.6) is 0 Å². The number of hydrogen-bond donors (Lipinski definition) is 4. The van der Waals surface area contributed by atoms with Crippen molar-refractivity contribution in [3.05, 3.63) is 77.9 Å². The minimum Gasteiger partial charge on any atom is -0.366 e. The molecule has 0 saturated carbocycles. The van der Waals surface area contributed by atoms with Crippen molar-refractivity contribution in [2.45, 2.75) is 6.18 Å². The maximum atomic E-state index is 12.9. The minimum absolute atomic E-state index is 0.0282. The van der Waals surface area contributed by atoms with Gasteiger partial charge >= 0.3 is 12.2 Å². The van der Waals surface area contributed by atoms with Gasteiger partial charge in [0.25, 0.3) is 0 Å². The molecule has 0 fully saturated rings. The van der Waals surface area contributed by atoms with Gasteiger partial charge in [0, 0.05) is 16.8 Å². The molecule has 1 aromatic heterocycles. The van der Waals surface area contributed by atoms with Gasteiger partial charge in [-0.3, -0.25) is 4.79 Å². The molecule has 0 aliphatic heterocycles. The van der Waals surface area contributed by atoms with Crippen molar-refractivity contribution in [2.75, 3.05) is 10.6 Å². The van der Waals surface area contributed by atoms with Crippen LogP contribution < -0.4 is 16.4 Å². The van der Waals surface area contributed by atoms with Crippen LogP contribution in [0.1, 0.15) is 15.9 Å². The van der Waals surface area contributed by atoms with E-state index < -0.39 is 23.7 Å². The first-order chi connectivity index (χ1) is 16.2. The van der Waals surface area contributed by atoms with Gasteiger partial charge in [0.1, 0.15) is 0 Å². The zero-order valence-electron chi connectivity index (χ0n) is 17.2. The Labute approximate surface area is 190 Å². The average molecular weight is 467 g/mol. The Hall–Kier alpha value is -4.74. The SMILES string of the molecule is NC(=O)c1ccc(-c2ccc(NC(=O)Nc3cccc(C(F)(F)F)c3)c(-c3nn[nH]n3)c2)cc1. The number of nitrogens with two attached hydrogens (primary N) is 1. The van der Waals surface area contributed by atoms with Crippen LogP contribution in [0.15, 0.2) is 66.7 Å². The van der Waals surface area contributed by atoms with Crippen molar-refractivity contribution in [1.29, 1.82) is 0 Å². The van der Waals surface area contributed by atoms with E-state index in [1.54, 1.807) is 42.5 Å². The number of carbonyl (C=O) groups excluding carboxylic acids is 2. The van der Waals surface area contributed by atoms with Crippen molar-refractivity contribution in [3.63, 3.8) is 0 Å². The molecule has 12 heteroatoms. The van der Waals surface area contributed by atoms with Crippen LogP contribution in [0, 0.1) is 0 Å². The summed E-state index contributed by atoms with van der Waals surface area (Å²) in [6, 6.07) is 15.1. The zero-order valence-corrected chi connectivity index (χ0v) is 17.2. The molecule has 0 radical (unpaired) electrons. The van der Waals surface area contributed by atoms with Gasteiger partial charge in [-0.25, -0.2) is 4.79 Å². The first-order valence-corrected chi connectivity index (χ1v) is 9.74. The summed E-state index contributed by atoms with van der Waals surface area (Å²) in [7, 11) is 0. The summed E-state index contributed by atoms with van der Waals surface area (Å²) >= 11 is 0. The van der Waals surface area contributed by atoms with Gasteiger partial charge < -0.3 is 16.4 Å². The molecule has 34 heavy (non-hydrogen) atoms. The zero-order chi connectivity index (χ0) is 24.3. The topological polar surface area (TPSA) is 139 Å². The lowest BCUT2D eigenvalue weighted by Gasteiger charge is -2.13.